The molecule has 1 aromatic heterocycles. The van der Waals surface area contributed by atoms with E-state index >= 15 is 0 Å². The zero-order chi connectivity index (χ0) is 15.9. The Morgan fingerprint density at radius 3 is 2.43 bits per heavy atom. The van der Waals surface area contributed by atoms with Crippen LogP contribution in [0, 0.1) is 11.8 Å². The quantitative estimate of drug-likeness (QED) is 0.647. The van der Waals surface area contributed by atoms with Gasteiger partial charge in [-0.25, -0.2) is 0 Å². The van der Waals surface area contributed by atoms with Crippen molar-refractivity contribution in [1.29, 1.82) is 0 Å². The van der Waals surface area contributed by atoms with Crippen molar-refractivity contribution in [2.75, 3.05) is 12.4 Å². The summed E-state index contributed by atoms with van der Waals surface area (Å²) >= 11 is 0. The van der Waals surface area contributed by atoms with Gasteiger partial charge in [-0.05, 0) is 0 Å². The van der Waals surface area contributed by atoms with Crippen molar-refractivity contribution in [2.45, 2.75) is 13.1 Å². The number of oxazole rings is 1. The number of alkyl halides is 3. The van der Waals surface area contributed by atoms with Gasteiger partial charge in [0.15, 0.2) is 5.69 Å². The van der Waals surface area contributed by atoms with E-state index in [1.54, 1.807) is 0 Å². The maximum absolute atomic E-state index is 12.3. The third kappa shape index (κ3) is 2.60. The van der Waals surface area contributed by atoms with E-state index in [0.29, 0.717) is 6.26 Å². The molecule has 2 heterocycles. The Balaban J connectivity index is 2.14. The summed E-state index contributed by atoms with van der Waals surface area (Å²) in [4.78, 5) is 39.0. The number of imide groups is 1. The molecule has 0 spiro atoms. The van der Waals surface area contributed by atoms with Crippen LogP contribution in [0.25, 0.3) is 0 Å². The predicted molar refractivity (Wildman–Crippen MR) is 60.6 cm³/mol. The van der Waals surface area contributed by atoms with E-state index in [4.69, 9.17) is 0 Å². The van der Waals surface area contributed by atoms with Crippen molar-refractivity contribution >= 4 is 23.7 Å². The highest BCUT2D eigenvalue weighted by atomic mass is 19.4. The Hall–Kier alpha value is -2.39. The van der Waals surface area contributed by atoms with Crippen LogP contribution in [0.4, 0.5) is 19.2 Å². The molecule has 1 aliphatic rings. The lowest BCUT2D eigenvalue weighted by Crippen LogP contribution is -2.32. The number of likely N-dealkylation sites (tertiary alicyclic amines) is 1. The minimum absolute atomic E-state index is 0.340. The molecular formula is C11H10F3N3O4. The molecule has 2 rings (SSSR count). The summed E-state index contributed by atoms with van der Waals surface area (Å²) < 4.78 is 41.4. The smallest absolute Gasteiger partial charge is 0.431 e. The van der Waals surface area contributed by atoms with Gasteiger partial charge in [-0.15, -0.1) is 0 Å². The van der Waals surface area contributed by atoms with Gasteiger partial charge in [0.25, 0.3) is 0 Å². The van der Waals surface area contributed by atoms with Gasteiger partial charge in [0.05, 0.1) is 5.92 Å². The number of nitrogens with zero attached hydrogens (tertiary/aromatic N) is 2. The molecule has 21 heavy (non-hydrogen) atoms. The van der Waals surface area contributed by atoms with Crippen molar-refractivity contribution in [3.05, 3.63) is 12.0 Å². The molecule has 114 valence electrons. The van der Waals surface area contributed by atoms with Crippen LogP contribution in [-0.4, -0.2) is 34.7 Å². The van der Waals surface area contributed by atoms with Crippen molar-refractivity contribution in [2.24, 2.45) is 11.8 Å². The van der Waals surface area contributed by atoms with E-state index in [2.05, 4.69) is 9.40 Å². The Morgan fingerprint density at radius 2 is 2.00 bits per heavy atom. The molecule has 2 atom stereocenters. The third-order valence-corrected chi connectivity index (χ3v) is 3.12. The summed E-state index contributed by atoms with van der Waals surface area (Å²) in [5, 5.41) is 1.96. The van der Waals surface area contributed by atoms with Crippen LogP contribution in [0.15, 0.2) is 10.7 Å². The Labute approximate surface area is 116 Å². The lowest BCUT2D eigenvalue weighted by Gasteiger charge is -2.09. The first kappa shape index (κ1) is 15.0. The Morgan fingerprint density at radius 1 is 1.38 bits per heavy atom. The number of halogens is 3. The van der Waals surface area contributed by atoms with E-state index in [9.17, 15) is 27.6 Å². The number of aromatic nitrogens is 1. The highest BCUT2D eigenvalue weighted by Gasteiger charge is 2.47. The first-order chi connectivity index (χ1) is 9.62. The minimum atomic E-state index is -4.71. The molecule has 1 N–H and O–H groups in total. The number of nitrogens with one attached hydrogen (secondary N) is 1. The number of carbonyl (C=O) groups excluding carboxylic acids is 3. The van der Waals surface area contributed by atoms with Crippen molar-refractivity contribution in [3.63, 3.8) is 0 Å². The van der Waals surface area contributed by atoms with E-state index < -0.39 is 47.4 Å². The second-order valence-electron chi connectivity index (χ2n) is 4.53. The molecule has 0 bridgehead atoms. The molecule has 3 amide bonds. The fourth-order valence-corrected chi connectivity index (χ4v) is 1.96. The lowest BCUT2D eigenvalue weighted by atomic mass is 9.96. The topological polar surface area (TPSA) is 92.5 Å². The van der Waals surface area contributed by atoms with Crippen LogP contribution in [-0.2, 0) is 20.6 Å². The Kier molecular flexibility index (Phi) is 3.47. The molecule has 0 aromatic carbocycles. The number of hydrogen-bond donors (Lipinski definition) is 1. The van der Waals surface area contributed by atoms with Gasteiger partial charge in [-0.1, -0.05) is 6.92 Å². The zero-order valence-electron chi connectivity index (χ0n) is 10.9. The zero-order valence-corrected chi connectivity index (χ0v) is 10.9. The standard InChI is InChI=1S/C11H10F3N3O4/c1-4-6(9(20)17(2)8(4)19)7(18)16-10-15-5(3-21-10)11(12,13)14/h3-4,6H,1-2H3,(H,15,16,18). The van der Waals surface area contributed by atoms with Gasteiger partial charge in [0, 0.05) is 7.05 Å². The largest absolute Gasteiger partial charge is 0.436 e. The Bertz CT molecular complexity index is 610. The monoisotopic (exact) mass is 305 g/mol. The average Bonchev–Trinajstić information content (AvgIpc) is 2.91. The normalized spacial score (nSPS) is 22.8. The first-order valence-electron chi connectivity index (χ1n) is 5.78. The number of anilines is 1. The molecule has 10 heteroatoms. The summed E-state index contributed by atoms with van der Waals surface area (Å²) in [6.07, 6.45) is -4.37. The van der Waals surface area contributed by atoms with Crippen LogP contribution in [0.1, 0.15) is 12.6 Å². The fraction of sp³-hybridized carbons (Fsp3) is 0.455. The molecule has 2 unspecified atom stereocenters. The summed E-state index contributed by atoms with van der Waals surface area (Å²) in [5.74, 6) is -4.43. The predicted octanol–water partition coefficient (Wildman–Crippen LogP) is 0.883. The fourth-order valence-electron chi connectivity index (χ4n) is 1.96. The van der Waals surface area contributed by atoms with Crippen LogP contribution < -0.4 is 5.32 Å². The van der Waals surface area contributed by atoms with Crippen LogP contribution >= 0.6 is 0 Å². The maximum atomic E-state index is 12.3. The molecule has 1 fully saturated rings. The number of amides is 3. The van der Waals surface area contributed by atoms with Crippen LogP contribution in [0.5, 0.6) is 0 Å². The lowest BCUT2D eigenvalue weighted by molar-refractivity contribution is -0.141. The van der Waals surface area contributed by atoms with E-state index in [0.717, 1.165) is 4.90 Å². The van der Waals surface area contributed by atoms with Gasteiger partial charge in [-0.3, -0.25) is 24.6 Å². The van der Waals surface area contributed by atoms with Gasteiger partial charge in [0.1, 0.15) is 12.2 Å². The van der Waals surface area contributed by atoms with Crippen molar-refractivity contribution in [3.8, 4) is 0 Å². The van der Waals surface area contributed by atoms with Gasteiger partial charge in [-0.2, -0.15) is 18.2 Å². The summed E-state index contributed by atoms with van der Waals surface area (Å²) in [7, 11) is 1.22. The molecule has 1 aromatic rings. The number of rotatable bonds is 2. The highest BCUT2D eigenvalue weighted by Crippen LogP contribution is 2.30. The molecule has 1 aliphatic heterocycles. The van der Waals surface area contributed by atoms with E-state index in [1.165, 1.54) is 14.0 Å². The molecule has 0 saturated carbocycles. The summed E-state index contributed by atoms with van der Waals surface area (Å²) in [6, 6.07) is -0.686. The summed E-state index contributed by atoms with van der Waals surface area (Å²) in [5.41, 5.74) is -1.31. The second-order valence-corrected chi connectivity index (χ2v) is 4.53. The van der Waals surface area contributed by atoms with Crippen LogP contribution in [0.2, 0.25) is 0 Å². The first-order valence-corrected chi connectivity index (χ1v) is 5.78. The van der Waals surface area contributed by atoms with Crippen molar-refractivity contribution in [1.82, 2.24) is 9.88 Å². The minimum Gasteiger partial charge on any atom is -0.431 e. The molecule has 0 aliphatic carbocycles. The SMILES string of the molecule is CC1C(=O)N(C)C(=O)C1C(=O)Nc1nc(C(F)(F)F)co1. The highest BCUT2D eigenvalue weighted by molar-refractivity contribution is 6.17. The van der Waals surface area contributed by atoms with Gasteiger partial charge >= 0.3 is 12.2 Å². The van der Waals surface area contributed by atoms with Crippen LogP contribution in [0.3, 0.4) is 0 Å². The second kappa shape index (κ2) is 4.86. The number of carbonyl (C=O) groups is 3. The van der Waals surface area contributed by atoms with E-state index in [-0.39, 0.29) is 0 Å². The molecule has 7 nitrogen and oxygen atoms in total. The van der Waals surface area contributed by atoms with Gasteiger partial charge in [0.2, 0.25) is 17.7 Å². The average molecular weight is 305 g/mol. The molecule has 1 saturated heterocycles. The summed E-state index contributed by atoms with van der Waals surface area (Å²) in [6.45, 7) is 1.38. The van der Waals surface area contributed by atoms with Crippen molar-refractivity contribution < 1.29 is 32.0 Å². The van der Waals surface area contributed by atoms with E-state index in [1.807, 2.05) is 5.32 Å². The number of hydrogen-bond acceptors (Lipinski definition) is 5. The maximum Gasteiger partial charge on any atom is 0.436 e. The molecular weight excluding hydrogens is 295 g/mol. The van der Waals surface area contributed by atoms with Gasteiger partial charge < -0.3 is 4.42 Å². The molecule has 0 radical (unpaired) electrons. The third-order valence-electron chi connectivity index (χ3n) is 3.12.